The molecule has 1 fully saturated rings. The van der Waals surface area contributed by atoms with Gasteiger partial charge < -0.3 is 5.32 Å². The first kappa shape index (κ1) is 14.6. The molecular formula is C14H15Cl2FN2. The maximum absolute atomic E-state index is 13.5. The molecule has 5 heteroatoms. The minimum atomic E-state index is -0.474. The number of halogens is 3. The average molecular weight is 301 g/mol. The highest BCUT2D eigenvalue weighted by Gasteiger charge is 2.28. The molecule has 0 amide bonds. The van der Waals surface area contributed by atoms with Gasteiger partial charge in [-0.1, -0.05) is 29.6 Å². The molecule has 0 aromatic heterocycles. The molecular weight excluding hydrogens is 286 g/mol. The molecule has 1 saturated carbocycles. The third kappa shape index (κ3) is 3.20. The molecule has 2 nitrogen and oxygen atoms in total. The van der Waals surface area contributed by atoms with Gasteiger partial charge in [-0.05, 0) is 37.5 Å². The fourth-order valence-electron chi connectivity index (χ4n) is 2.59. The molecule has 1 aromatic rings. The number of nitrogens with one attached hydrogen (secondary N) is 1. The van der Waals surface area contributed by atoms with Gasteiger partial charge in [-0.25, -0.2) is 4.39 Å². The zero-order valence-electron chi connectivity index (χ0n) is 10.6. The van der Waals surface area contributed by atoms with E-state index in [1.807, 2.05) is 6.92 Å². The van der Waals surface area contributed by atoms with E-state index in [1.54, 1.807) is 0 Å². The minimum Gasteiger partial charge on any atom is -0.306 e. The Balaban J connectivity index is 2.14. The standard InChI is InChI=1S/C14H15Cl2FN2/c1-8(19-14-4-2-3-9(14)7-18)10-5-13(17)12(16)6-11(10)15/h5-6,8-9,14,19H,2-4H2,1H3. The van der Waals surface area contributed by atoms with Crippen molar-refractivity contribution in [3.8, 4) is 6.07 Å². The number of hydrogen-bond donors (Lipinski definition) is 1. The van der Waals surface area contributed by atoms with Gasteiger partial charge in [-0.2, -0.15) is 5.26 Å². The number of benzene rings is 1. The van der Waals surface area contributed by atoms with Crippen molar-refractivity contribution in [1.29, 1.82) is 5.26 Å². The lowest BCUT2D eigenvalue weighted by molar-refractivity contribution is 0.416. The van der Waals surface area contributed by atoms with Crippen LogP contribution in [-0.4, -0.2) is 6.04 Å². The van der Waals surface area contributed by atoms with Gasteiger partial charge in [-0.3, -0.25) is 0 Å². The highest BCUT2D eigenvalue weighted by molar-refractivity contribution is 6.35. The zero-order chi connectivity index (χ0) is 14.0. The van der Waals surface area contributed by atoms with E-state index in [2.05, 4.69) is 11.4 Å². The summed E-state index contributed by atoms with van der Waals surface area (Å²) in [6.07, 6.45) is 2.94. The summed E-state index contributed by atoms with van der Waals surface area (Å²) >= 11 is 11.8. The molecule has 0 radical (unpaired) electrons. The topological polar surface area (TPSA) is 35.8 Å². The molecule has 3 unspecified atom stereocenters. The van der Waals surface area contributed by atoms with Crippen molar-refractivity contribution >= 4 is 23.2 Å². The van der Waals surface area contributed by atoms with Crippen LogP contribution < -0.4 is 5.32 Å². The van der Waals surface area contributed by atoms with Gasteiger partial charge in [0.2, 0.25) is 0 Å². The minimum absolute atomic E-state index is 0.0247. The summed E-state index contributed by atoms with van der Waals surface area (Å²) in [6.45, 7) is 1.92. The molecule has 0 bridgehead atoms. The lowest BCUT2D eigenvalue weighted by atomic mass is 10.0. The van der Waals surface area contributed by atoms with Crippen LogP contribution in [0.15, 0.2) is 12.1 Å². The lowest BCUT2D eigenvalue weighted by Gasteiger charge is -2.22. The Kier molecular flexibility index (Phi) is 4.67. The first-order chi connectivity index (χ1) is 9.02. The number of hydrogen-bond acceptors (Lipinski definition) is 2. The molecule has 19 heavy (non-hydrogen) atoms. The van der Waals surface area contributed by atoms with Crippen LogP contribution in [0.4, 0.5) is 4.39 Å². The van der Waals surface area contributed by atoms with Crippen LogP contribution in [0.25, 0.3) is 0 Å². The molecule has 1 aliphatic rings. The average Bonchev–Trinajstić information content (AvgIpc) is 2.80. The van der Waals surface area contributed by atoms with Crippen LogP contribution in [0, 0.1) is 23.1 Å². The van der Waals surface area contributed by atoms with Crippen LogP contribution in [0.3, 0.4) is 0 Å². The van der Waals surface area contributed by atoms with Crippen molar-refractivity contribution in [3.05, 3.63) is 33.6 Å². The molecule has 0 heterocycles. The van der Waals surface area contributed by atoms with Gasteiger partial charge in [0, 0.05) is 17.1 Å². The van der Waals surface area contributed by atoms with Crippen molar-refractivity contribution in [2.24, 2.45) is 5.92 Å². The SMILES string of the molecule is CC(NC1CCCC1C#N)c1cc(F)c(Cl)cc1Cl. The van der Waals surface area contributed by atoms with Gasteiger partial charge in [0.1, 0.15) is 5.82 Å². The van der Waals surface area contributed by atoms with Crippen LogP contribution >= 0.6 is 23.2 Å². The summed E-state index contributed by atoms with van der Waals surface area (Å²) in [5.74, 6) is -0.448. The largest absolute Gasteiger partial charge is 0.306 e. The van der Waals surface area contributed by atoms with Crippen molar-refractivity contribution in [3.63, 3.8) is 0 Å². The van der Waals surface area contributed by atoms with Crippen molar-refractivity contribution in [2.75, 3.05) is 0 Å². The second kappa shape index (κ2) is 6.09. The van der Waals surface area contributed by atoms with E-state index in [9.17, 15) is 4.39 Å². The quantitative estimate of drug-likeness (QED) is 0.836. The Morgan fingerprint density at radius 3 is 2.79 bits per heavy atom. The lowest BCUT2D eigenvalue weighted by Crippen LogP contribution is -2.34. The third-order valence-corrected chi connectivity index (χ3v) is 4.27. The van der Waals surface area contributed by atoms with Crippen molar-refractivity contribution in [1.82, 2.24) is 5.32 Å². The summed E-state index contributed by atoms with van der Waals surface area (Å²) in [4.78, 5) is 0. The number of nitrogens with zero attached hydrogens (tertiary/aromatic N) is 1. The van der Waals surface area contributed by atoms with Crippen LogP contribution in [0.2, 0.25) is 10.0 Å². The Morgan fingerprint density at radius 2 is 2.11 bits per heavy atom. The molecule has 1 N–H and O–H groups in total. The highest BCUT2D eigenvalue weighted by Crippen LogP contribution is 2.31. The summed E-state index contributed by atoms with van der Waals surface area (Å²) < 4.78 is 13.5. The molecule has 3 atom stereocenters. The van der Waals surface area contributed by atoms with Crippen LogP contribution in [-0.2, 0) is 0 Å². The molecule has 1 aliphatic carbocycles. The molecule has 0 aliphatic heterocycles. The fraction of sp³-hybridized carbons (Fsp3) is 0.500. The maximum Gasteiger partial charge on any atom is 0.142 e. The van der Waals surface area contributed by atoms with E-state index >= 15 is 0 Å². The monoisotopic (exact) mass is 300 g/mol. The van der Waals surface area contributed by atoms with E-state index < -0.39 is 5.82 Å². The first-order valence-corrected chi connectivity index (χ1v) is 7.08. The van der Waals surface area contributed by atoms with E-state index in [1.165, 1.54) is 12.1 Å². The Bertz CT molecular complexity index is 513. The van der Waals surface area contributed by atoms with E-state index in [0.29, 0.717) is 10.6 Å². The third-order valence-electron chi connectivity index (χ3n) is 3.65. The van der Waals surface area contributed by atoms with Gasteiger partial charge in [-0.15, -0.1) is 0 Å². The Hall–Kier alpha value is -0.820. The van der Waals surface area contributed by atoms with Crippen LogP contribution in [0.1, 0.15) is 37.8 Å². The van der Waals surface area contributed by atoms with Gasteiger partial charge >= 0.3 is 0 Å². The second-order valence-corrected chi connectivity index (χ2v) is 5.76. The van der Waals surface area contributed by atoms with Crippen molar-refractivity contribution < 1.29 is 4.39 Å². The second-order valence-electron chi connectivity index (χ2n) is 4.95. The molecule has 0 saturated heterocycles. The van der Waals surface area contributed by atoms with Crippen LogP contribution in [0.5, 0.6) is 0 Å². The molecule has 2 rings (SSSR count). The Morgan fingerprint density at radius 1 is 1.37 bits per heavy atom. The summed E-state index contributed by atoms with van der Waals surface area (Å²) in [7, 11) is 0. The van der Waals surface area contributed by atoms with Gasteiger partial charge in [0.25, 0.3) is 0 Å². The van der Waals surface area contributed by atoms with Crippen molar-refractivity contribution in [2.45, 2.75) is 38.3 Å². The number of rotatable bonds is 3. The number of nitriles is 1. The van der Waals surface area contributed by atoms with Gasteiger partial charge in [0.05, 0.1) is 17.0 Å². The van der Waals surface area contributed by atoms with E-state index in [0.717, 1.165) is 19.3 Å². The summed E-state index contributed by atoms with van der Waals surface area (Å²) in [5, 5.41) is 12.9. The summed E-state index contributed by atoms with van der Waals surface area (Å²) in [5.41, 5.74) is 0.673. The Labute approximate surface area is 122 Å². The smallest absolute Gasteiger partial charge is 0.142 e. The summed E-state index contributed by atoms with van der Waals surface area (Å²) in [6, 6.07) is 5.13. The van der Waals surface area contributed by atoms with E-state index in [4.69, 9.17) is 28.5 Å². The molecule has 102 valence electrons. The first-order valence-electron chi connectivity index (χ1n) is 6.33. The van der Waals surface area contributed by atoms with Gasteiger partial charge in [0.15, 0.2) is 0 Å². The predicted molar refractivity (Wildman–Crippen MR) is 74.7 cm³/mol. The molecule has 0 spiro atoms. The van der Waals surface area contributed by atoms with E-state index in [-0.39, 0.29) is 23.0 Å². The highest BCUT2D eigenvalue weighted by atomic mass is 35.5. The predicted octanol–water partition coefficient (Wildman–Crippen LogP) is 4.48. The maximum atomic E-state index is 13.5. The molecule has 1 aromatic carbocycles. The zero-order valence-corrected chi connectivity index (χ0v) is 12.1. The normalized spacial score (nSPS) is 24.2. The fourth-order valence-corrected chi connectivity index (χ4v) is 3.14.